The Morgan fingerprint density at radius 1 is 1.00 bits per heavy atom. The monoisotopic (exact) mass is 225 g/mol. The summed E-state index contributed by atoms with van der Waals surface area (Å²) in [4.78, 5) is 0. The van der Waals surface area contributed by atoms with Gasteiger partial charge in [-0.15, -0.1) is 0 Å². The Morgan fingerprint density at radius 3 is 2.12 bits per heavy atom. The van der Waals surface area contributed by atoms with Crippen LogP contribution < -0.4 is 5.32 Å². The summed E-state index contributed by atoms with van der Waals surface area (Å²) < 4.78 is 0. The van der Waals surface area contributed by atoms with Gasteiger partial charge in [-0.25, -0.2) is 0 Å². The van der Waals surface area contributed by atoms with Gasteiger partial charge in [-0.05, 0) is 38.1 Å². The molecule has 1 rings (SSSR count). The van der Waals surface area contributed by atoms with Crippen molar-refractivity contribution in [2.24, 2.45) is 11.8 Å². The molecule has 1 N–H and O–H groups in total. The van der Waals surface area contributed by atoms with Crippen LogP contribution in [0.15, 0.2) is 0 Å². The first-order valence-corrected chi connectivity index (χ1v) is 7.39. The lowest BCUT2D eigenvalue weighted by Crippen LogP contribution is -2.28. The zero-order valence-electron chi connectivity index (χ0n) is 11.6. The van der Waals surface area contributed by atoms with Crippen molar-refractivity contribution in [3.8, 4) is 0 Å². The Kier molecular flexibility index (Phi) is 7.11. The molecule has 0 amide bonds. The third-order valence-corrected chi connectivity index (χ3v) is 4.09. The molecule has 0 saturated heterocycles. The van der Waals surface area contributed by atoms with Crippen molar-refractivity contribution in [3.05, 3.63) is 0 Å². The maximum absolute atomic E-state index is 3.53. The number of hydrogen-bond acceptors (Lipinski definition) is 1. The number of rotatable bonds is 6. The molecular formula is C15H31N. The molecular weight excluding hydrogens is 194 g/mol. The summed E-state index contributed by atoms with van der Waals surface area (Å²) in [6, 6.07) is 0.769. The van der Waals surface area contributed by atoms with Crippen LogP contribution in [0.25, 0.3) is 0 Å². The lowest BCUT2D eigenvalue weighted by molar-refractivity contribution is 0.336. The van der Waals surface area contributed by atoms with Crippen LogP contribution in [0.4, 0.5) is 0 Å². The molecule has 0 aromatic rings. The van der Waals surface area contributed by atoms with Gasteiger partial charge in [-0.2, -0.15) is 0 Å². The minimum atomic E-state index is 0.769. The fourth-order valence-electron chi connectivity index (χ4n) is 2.92. The largest absolute Gasteiger partial charge is 0.317 e. The molecule has 0 aliphatic heterocycles. The molecule has 16 heavy (non-hydrogen) atoms. The second-order valence-electron chi connectivity index (χ2n) is 6.05. The van der Waals surface area contributed by atoms with Gasteiger partial charge in [-0.1, -0.05) is 52.4 Å². The molecule has 1 aliphatic carbocycles. The quantitative estimate of drug-likeness (QED) is 0.662. The highest BCUT2D eigenvalue weighted by Crippen LogP contribution is 2.27. The SMILES string of the molecule is CNC(CCC(C)C)CC1CCCCCC1. The van der Waals surface area contributed by atoms with Gasteiger partial charge >= 0.3 is 0 Å². The van der Waals surface area contributed by atoms with E-state index in [1.54, 1.807) is 0 Å². The normalized spacial score (nSPS) is 21.0. The lowest BCUT2D eigenvalue weighted by atomic mass is 9.90. The fourth-order valence-corrected chi connectivity index (χ4v) is 2.92. The average molecular weight is 225 g/mol. The van der Waals surface area contributed by atoms with Gasteiger partial charge in [0.1, 0.15) is 0 Å². The molecule has 1 heteroatoms. The van der Waals surface area contributed by atoms with Gasteiger partial charge in [0.25, 0.3) is 0 Å². The fraction of sp³-hybridized carbons (Fsp3) is 1.00. The maximum Gasteiger partial charge on any atom is 0.00668 e. The number of nitrogens with one attached hydrogen (secondary N) is 1. The van der Waals surface area contributed by atoms with Crippen LogP contribution in [-0.2, 0) is 0 Å². The van der Waals surface area contributed by atoms with Crippen LogP contribution in [0.3, 0.4) is 0 Å². The van der Waals surface area contributed by atoms with Crippen molar-refractivity contribution >= 4 is 0 Å². The maximum atomic E-state index is 3.53. The van der Waals surface area contributed by atoms with Crippen LogP contribution >= 0.6 is 0 Å². The first-order valence-electron chi connectivity index (χ1n) is 7.39. The second-order valence-corrected chi connectivity index (χ2v) is 6.05. The van der Waals surface area contributed by atoms with E-state index in [0.717, 1.165) is 17.9 Å². The van der Waals surface area contributed by atoms with Crippen molar-refractivity contribution in [2.75, 3.05) is 7.05 Å². The molecule has 1 atom stereocenters. The van der Waals surface area contributed by atoms with E-state index < -0.39 is 0 Å². The van der Waals surface area contributed by atoms with E-state index in [-0.39, 0.29) is 0 Å². The molecule has 0 bridgehead atoms. The summed E-state index contributed by atoms with van der Waals surface area (Å²) in [7, 11) is 2.14. The molecule has 1 saturated carbocycles. The molecule has 0 heterocycles. The smallest absolute Gasteiger partial charge is 0.00668 e. The Hall–Kier alpha value is -0.0400. The van der Waals surface area contributed by atoms with Gasteiger partial charge in [0.05, 0.1) is 0 Å². The predicted molar refractivity (Wildman–Crippen MR) is 72.7 cm³/mol. The van der Waals surface area contributed by atoms with E-state index in [1.807, 2.05) is 0 Å². The molecule has 1 nitrogen and oxygen atoms in total. The summed E-state index contributed by atoms with van der Waals surface area (Å²) in [5.41, 5.74) is 0. The van der Waals surface area contributed by atoms with Gasteiger partial charge in [0.2, 0.25) is 0 Å². The highest BCUT2D eigenvalue weighted by atomic mass is 14.9. The van der Waals surface area contributed by atoms with Crippen LogP contribution in [0.2, 0.25) is 0 Å². The summed E-state index contributed by atoms with van der Waals surface area (Å²) in [5.74, 6) is 1.86. The van der Waals surface area contributed by atoms with Gasteiger partial charge in [0, 0.05) is 6.04 Å². The molecule has 0 aromatic heterocycles. The zero-order valence-corrected chi connectivity index (χ0v) is 11.6. The van der Waals surface area contributed by atoms with E-state index >= 15 is 0 Å². The summed E-state index contributed by atoms with van der Waals surface area (Å²) in [5, 5.41) is 3.53. The van der Waals surface area contributed by atoms with Crippen LogP contribution in [0.1, 0.15) is 71.6 Å². The van der Waals surface area contributed by atoms with Crippen LogP contribution in [0.5, 0.6) is 0 Å². The second kappa shape index (κ2) is 8.11. The number of hydrogen-bond donors (Lipinski definition) is 1. The third kappa shape index (κ3) is 5.89. The molecule has 1 aliphatic rings. The Balaban J connectivity index is 2.24. The van der Waals surface area contributed by atoms with Crippen molar-refractivity contribution < 1.29 is 0 Å². The highest BCUT2D eigenvalue weighted by Gasteiger charge is 2.17. The minimum absolute atomic E-state index is 0.769. The summed E-state index contributed by atoms with van der Waals surface area (Å²) >= 11 is 0. The molecule has 96 valence electrons. The minimum Gasteiger partial charge on any atom is -0.317 e. The van der Waals surface area contributed by atoms with E-state index in [4.69, 9.17) is 0 Å². The van der Waals surface area contributed by atoms with Crippen molar-refractivity contribution in [2.45, 2.75) is 77.7 Å². The molecule has 0 radical (unpaired) electrons. The molecule has 1 unspecified atom stereocenters. The zero-order chi connectivity index (χ0) is 11.8. The van der Waals surface area contributed by atoms with E-state index in [2.05, 4.69) is 26.2 Å². The topological polar surface area (TPSA) is 12.0 Å². The Bertz CT molecular complexity index is 157. The van der Waals surface area contributed by atoms with E-state index in [1.165, 1.54) is 57.8 Å². The van der Waals surface area contributed by atoms with Crippen LogP contribution in [0, 0.1) is 11.8 Å². The molecule has 0 aromatic carbocycles. The summed E-state index contributed by atoms with van der Waals surface area (Å²) in [6.45, 7) is 4.66. The van der Waals surface area contributed by atoms with E-state index in [0.29, 0.717) is 0 Å². The van der Waals surface area contributed by atoms with Gasteiger partial charge in [-0.3, -0.25) is 0 Å². The Labute approximate surface area is 102 Å². The predicted octanol–water partition coefficient (Wildman–Crippen LogP) is 4.37. The standard InChI is InChI=1S/C15H31N/c1-13(2)10-11-15(16-3)12-14-8-6-4-5-7-9-14/h13-16H,4-12H2,1-3H3. The van der Waals surface area contributed by atoms with Crippen molar-refractivity contribution in [1.29, 1.82) is 0 Å². The van der Waals surface area contributed by atoms with Crippen molar-refractivity contribution in [1.82, 2.24) is 5.32 Å². The van der Waals surface area contributed by atoms with Crippen LogP contribution in [-0.4, -0.2) is 13.1 Å². The third-order valence-electron chi connectivity index (χ3n) is 4.09. The first-order chi connectivity index (χ1) is 7.72. The van der Waals surface area contributed by atoms with Crippen molar-refractivity contribution in [3.63, 3.8) is 0 Å². The summed E-state index contributed by atoms with van der Waals surface area (Å²) in [6.07, 6.45) is 13.0. The molecule has 0 spiro atoms. The lowest BCUT2D eigenvalue weighted by Gasteiger charge is -2.23. The van der Waals surface area contributed by atoms with E-state index in [9.17, 15) is 0 Å². The first kappa shape index (κ1) is 14.0. The molecule has 1 fully saturated rings. The van der Waals surface area contributed by atoms with Gasteiger partial charge < -0.3 is 5.32 Å². The van der Waals surface area contributed by atoms with Gasteiger partial charge in [0.15, 0.2) is 0 Å². The highest BCUT2D eigenvalue weighted by molar-refractivity contribution is 4.73. The Morgan fingerprint density at radius 2 is 1.62 bits per heavy atom. The average Bonchev–Trinajstić information content (AvgIpc) is 2.52.